The molecule has 2 aromatic rings. The molecule has 1 N–H and O–H groups in total. The standard InChI is InChI=1S/C26H36N4O2/c1-2-27-26(30-16-14-29(15-17-30)24-6-4-3-5-7-24)28-20-22-8-10-23(11-9-22)21-32-25-12-18-31-19-13-25/h3-11,25H,2,12-21H2,1H3,(H,27,28). The van der Waals surface area contributed by atoms with E-state index in [0.29, 0.717) is 19.3 Å². The summed E-state index contributed by atoms with van der Waals surface area (Å²) < 4.78 is 11.4. The van der Waals surface area contributed by atoms with Crippen LogP contribution in [0.3, 0.4) is 0 Å². The maximum absolute atomic E-state index is 6.03. The fourth-order valence-corrected chi connectivity index (χ4v) is 4.20. The molecule has 0 radical (unpaired) electrons. The molecule has 32 heavy (non-hydrogen) atoms. The molecule has 0 unspecified atom stereocenters. The van der Waals surface area contributed by atoms with E-state index >= 15 is 0 Å². The van der Waals surface area contributed by atoms with Gasteiger partial charge in [0.25, 0.3) is 0 Å². The molecular formula is C26H36N4O2. The molecule has 0 aromatic heterocycles. The summed E-state index contributed by atoms with van der Waals surface area (Å²) in [5.74, 6) is 1.01. The monoisotopic (exact) mass is 436 g/mol. The molecular weight excluding hydrogens is 400 g/mol. The van der Waals surface area contributed by atoms with Gasteiger partial charge in [0, 0.05) is 51.6 Å². The van der Waals surface area contributed by atoms with Gasteiger partial charge in [0.1, 0.15) is 0 Å². The van der Waals surface area contributed by atoms with E-state index in [1.54, 1.807) is 0 Å². The number of aliphatic imine (C=N–C) groups is 1. The minimum Gasteiger partial charge on any atom is -0.381 e. The number of anilines is 1. The second kappa shape index (κ2) is 11.9. The van der Waals surface area contributed by atoms with Gasteiger partial charge in [0.05, 0.1) is 19.3 Å². The number of hydrogen-bond acceptors (Lipinski definition) is 4. The lowest BCUT2D eigenvalue weighted by Crippen LogP contribution is -2.52. The summed E-state index contributed by atoms with van der Waals surface area (Å²) in [4.78, 5) is 9.74. The fraction of sp³-hybridized carbons (Fsp3) is 0.500. The molecule has 4 rings (SSSR count). The largest absolute Gasteiger partial charge is 0.381 e. The fourth-order valence-electron chi connectivity index (χ4n) is 4.20. The summed E-state index contributed by atoms with van der Waals surface area (Å²) in [6.45, 7) is 9.96. The van der Waals surface area contributed by atoms with Crippen molar-refractivity contribution in [2.24, 2.45) is 4.99 Å². The van der Waals surface area contributed by atoms with Gasteiger partial charge in [0.2, 0.25) is 0 Å². The molecule has 0 aliphatic carbocycles. The molecule has 2 aliphatic rings. The van der Waals surface area contributed by atoms with E-state index in [9.17, 15) is 0 Å². The van der Waals surface area contributed by atoms with Crippen LogP contribution in [0.1, 0.15) is 30.9 Å². The highest BCUT2D eigenvalue weighted by molar-refractivity contribution is 5.80. The Kier molecular flexibility index (Phi) is 8.40. The minimum absolute atomic E-state index is 0.332. The van der Waals surface area contributed by atoms with Gasteiger partial charge in [-0.2, -0.15) is 0 Å². The van der Waals surface area contributed by atoms with Crippen LogP contribution < -0.4 is 10.2 Å². The average Bonchev–Trinajstić information content (AvgIpc) is 2.87. The minimum atomic E-state index is 0.332. The van der Waals surface area contributed by atoms with E-state index in [4.69, 9.17) is 14.5 Å². The van der Waals surface area contributed by atoms with Crippen molar-refractivity contribution >= 4 is 11.6 Å². The van der Waals surface area contributed by atoms with Crippen LogP contribution in [0.5, 0.6) is 0 Å². The number of piperazine rings is 1. The normalized spacial score (nSPS) is 18.1. The summed E-state index contributed by atoms with van der Waals surface area (Å²) in [6, 6.07) is 19.3. The number of hydrogen-bond donors (Lipinski definition) is 1. The van der Waals surface area contributed by atoms with Crippen LogP contribution >= 0.6 is 0 Å². The number of guanidine groups is 1. The summed E-state index contributed by atoms with van der Waals surface area (Å²) >= 11 is 0. The molecule has 0 atom stereocenters. The molecule has 2 heterocycles. The smallest absolute Gasteiger partial charge is 0.194 e. The summed E-state index contributed by atoms with van der Waals surface area (Å²) in [5.41, 5.74) is 3.74. The third-order valence-electron chi connectivity index (χ3n) is 6.12. The van der Waals surface area contributed by atoms with Crippen molar-refractivity contribution in [3.05, 3.63) is 65.7 Å². The van der Waals surface area contributed by atoms with Crippen molar-refractivity contribution in [1.29, 1.82) is 0 Å². The van der Waals surface area contributed by atoms with Gasteiger partial charge in [0.15, 0.2) is 5.96 Å². The highest BCUT2D eigenvalue weighted by atomic mass is 16.5. The first-order valence-corrected chi connectivity index (χ1v) is 11.9. The Labute approximate surface area is 192 Å². The van der Waals surface area contributed by atoms with E-state index < -0.39 is 0 Å². The van der Waals surface area contributed by atoms with Gasteiger partial charge in [-0.05, 0) is 43.0 Å². The van der Waals surface area contributed by atoms with Crippen molar-refractivity contribution in [2.75, 3.05) is 50.8 Å². The highest BCUT2D eigenvalue weighted by Crippen LogP contribution is 2.16. The predicted octanol–water partition coefficient (Wildman–Crippen LogP) is 3.67. The summed E-state index contributed by atoms with van der Waals surface area (Å²) in [7, 11) is 0. The lowest BCUT2D eigenvalue weighted by atomic mass is 10.1. The SMILES string of the molecule is CCNC(=NCc1ccc(COC2CCOCC2)cc1)N1CCN(c2ccccc2)CC1. The molecule has 6 heteroatoms. The quantitative estimate of drug-likeness (QED) is 0.530. The first-order valence-electron chi connectivity index (χ1n) is 11.9. The van der Waals surface area contributed by atoms with E-state index in [-0.39, 0.29) is 0 Å². The molecule has 0 spiro atoms. The van der Waals surface area contributed by atoms with Crippen molar-refractivity contribution < 1.29 is 9.47 Å². The first kappa shape index (κ1) is 22.6. The Balaban J connectivity index is 1.28. The number of rotatable bonds is 7. The molecule has 172 valence electrons. The Morgan fingerprint density at radius 2 is 1.66 bits per heavy atom. The van der Waals surface area contributed by atoms with Gasteiger partial charge >= 0.3 is 0 Å². The molecule has 2 aliphatic heterocycles. The van der Waals surface area contributed by atoms with Crippen LogP contribution in [0, 0.1) is 0 Å². The molecule has 2 aromatic carbocycles. The summed E-state index contributed by atoms with van der Waals surface area (Å²) in [5, 5.41) is 3.47. The van der Waals surface area contributed by atoms with Crippen LogP contribution in [0.2, 0.25) is 0 Å². The van der Waals surface area contributed by atoms with Crippen molar-refractivity contribution in [1.82, 2.24) is 10.2 Å². The molecule has 2 saturated heterocycles. The number of ether oxygens (including phenoxy) is 2. The highest BCUT2D eigenvalue weighted by Gasteiger charge is 2.19. The second-order valence-electron chi connectivity index (χ2n) is 8.42. The number of benzene rings is 2. The van der Waals surface area contributed by atoms with Crippen molar-refractivity contribution in [2.45, 2.75) is 39.0 Å². The Morgan fingerprint density at radius 3 is 2.34 bits per heavy atom. The van der Waals surface area contributed by atoms with Gasteiger partial charge in [-0.25, -0.2) is 4.99 Å². The number of para-hydroxylation sites is 1. The van der Waals surface area contributed by atoms with Crippen LogP contribution in [-0.2, 0) is 22.6 Å². The van der Waals surface area contributed by atoms with E-state index in [1.807, 2.05) is 0 Å². The lowest BCUT2D eigenvalue weighted by molar-refractivity contribution is -0.0390. The van der Waals surface area contributed by atoms with E-state index in [2.05, 4.69) is 76.6 Å². The molecule has 0 saturated carbocycles. The molecule has 6 nitrogen and oxygen atoms in total. The van der Waals surface area contributed by atoms with Gasteiger partial charge < -0.3 is 24.6 Å². The topological polar surface area (TPSA) is 49.3 Å². The predicted molar refractivity (Wildman–Crippen MR) is 130 cm³/mol. The van der Waals surface area contributed by atoms with Crippen LogP contribution in [-0.4, -0.2) is 62.9 Å². The van der Waals surface area contributed by atoms with Gasteiger partial charge in [-0.1, -0.05) is 42.5 Å². The van der Waals surface area contributed by atoms with Crippen LogP contribution in [0.4, 0.5) is 5.69 Å². The van der Waals surface area contributed by atoms with Crippen LogP contribution in [0.25, 0.3) is 0 Å². The van der Waals surface area contributed by atoms with Crippen molar-refractivity contribution in [3.63, 3.8) is 0 Å². The first-order chi connectivity index (χ1) is 15.8. The average molecular weight is 437 g/mol. The third-order valence-corrected chi connectivity index (χ3v) is 6.12. The zero-order chi connectivity index (χ0) is 22.0. The Hall–Kier alpha value is -2.57. The molecule has 0 amide bonds. The maximum Gasteiger partial charge on any atom is 0.194 e. The van der Waals surface area contributed by atoms with Gasteiger partial charge in [-0.3, -0.25) is 0 Å². The van der Waals surface area contributed by atoms with Crippen LogP contribution in [0.15, 0.2) is 59.6 Å². The third kappa shape index (κ3) is 6.47. The van der Waals surface area contributed by atoms with E-state index in [1.165, 1.54) is 16.8 Å². The zero-order valence-electron chi connectivity index (χ0n) is 19.2. The van der Waals surface area contributed by atoms with Crippen molar-refractivity contribution in [3.8, 4) is 0 Å². The number of nitrogens with one attached hydrogen (secondary N) is 1. The lowest BCUT2D eigenvalue weighted by Gasteiger charge is -2.37. The van der Waals surface area contributed by atoms with E-state index in [0.717, 1.165) is 64.7 Å². The zero-order valence-corrected chi connectivity index (χ0v) is 19.2. The molecule has 0 bridgehead atoms. The number of nitrogens with zero attached hydrogens (tertiary/aromatic N) is 3. The Bertz CT molecular complexity index is 827. The summed E-state index contributed by atoms with van der Waals surface area (Å²) in [6.07, 6.45) is 2.33. The second-order valence-corrected chi connectivity index (χ2v) is 8.42. The molecule has 2 fully saturated rings. The maximum atomic E-state index is 6.03. The van der Waals surface area contributed by atoms with Gasteiger partial charge in [-0.15, -0.1) is 0 Å². The Morgan fingerprint density at radius 1 is 0.969 bits per heavy atom.